The van der Waals surface area contributed by atoms with Crippen LogP contribution in [-0.2, 0) is 16.8 Å². The van der Waals surface area contributed by atoms with Crippen LogP contribution in [0.4, 0.5) is 5.69 Å². The first-order valence-electron chi connectivity index (χ1n) is 12.1. The fourth-order valence-corrected chi connectivity index (χ4v) is 5.09. The summed E-state index contributed by atoms with van der Waals surface area (Å²) in [5.41, 5.74) is 0.617. The van der Waals surface area contributed by atoms with Crippen LogP contribution in [0.2, 0.25) is 5.02 Å². The van der Waals surface area contributed by atoms with Gasteiger partial charge in [0.05, 0.1) is 12.2 Å². The van der Waals surface area contributed by atoms with Gasteiger partial charge in [-0.15, -0.1) is 0 Å². The fourth-order valence-electron chi connectivity index (χ4n) is 4.91. The van der Waals surface area contributed by atoms with E-state index in [0.717, 1.165) is 31.4 Å². The van der Waals surface area contributed by atoms with Gasteiger partial charge >= 0.3 is 0 Å². The van der Waals surface area contributed by atoms with Gasteiger partial charge in [-0.25, -0.2) is 0 Å². The zero-order valence-corrected chi connectivity index (χ0v) is 20.9. The van der Waals surface area contributed by atoms with Crippen LogP contribution < -0.4 is 10.2 Å². The van der Waals surface area contributed by atoms with Gasteiger partial charge in [0.1, 0.15) is 11.2 Å². The summed E-state index contributed by atoms with van der Waals surface area (Å²) in [5, 5.41) is 8.55. The van der Waals surface area contributed by atoms with Crippen molar-refractivity contribution in [3.8, 4) is 0 Å². The molecule has 2 aliphatic rings. The van der Waals surface area contributed by atoms with Crippen LogP contribution in [0.15, 0.2) is 30.3 Å². The molecule has 1 aliphatic heterocycles. The molecule has 2 amide bonds. The zero-order chi connectivity index (χ0) is 23.8. The summed E-state index contributed by atoms with van der Waals surface area (Å²) in [6, 6.07) is 9.15. The van der Waals surface area contributed by atoms with Gasteiger partial charge in [0.2, 0.25) is 5.91 Å². The first-order valence-corrected chi connectivity index (χ1v) is 12.5. The quantitative estimate of drug-likeness (QED) is 0.645. The van der Waals surface area contributed by atoms with Gasteiger partial charge in [0.25, 0.3) is 5.91 Å². The fraction of sp³-hybridized carbons (Fsp3) is 0.577. The minimum atomic E-state index is -1.13. The molecule has 1 aromatic carbocycles. The highest BCUT2D eigenvalue weighted by Crippen LogP contribution is 2.35. The molecule has 1 aliphatic carbocycles. The molecule has 4 rings (SSSR count). The zero-order valence-electron chi connectivity index (χ0n) is 20.2. The second-order valence-electron chi connectivity index (χ2n) is 10.7. The summed E-state index contributed by atoms with van der Waals surface area (Å²) < 4.78 is 1.71. The maximum atomic E-state index is 13.8. The summed E-state index contributed by atoms with van der Waals surface area (Å²) >= 11 is 6.28. The van der Waals surface area contributed by atoms with Gasteiger partial charge in [-0.1, -0.05) is 70.5 Å². The Kier molecular flexibility index (Phi) is 6.59. The van der Waals surface area contributed by atoms with E-state index in [4.69, 9.17) is 16.7 Å². The second kappa shape index (κ2) is 9.13. The summed E-state index contributed by atoms with van der Waals surface area (Å²) in [6.45, 7) is 8.34. The first-order chi connectivity index (χ1) is 15.6. The standard InChI is InChI=1S/C26H35ClN4O2/c1-25(2,3)22-16-21-23(32)31(20-14-10-11-18(27)15-20)26(4,17-30(21)29-22)24(33)28-19-12-8-6-5-7-9-13-19/h10-11,14-16,19H,5-9,12-13,17H2,1-4H3,(H,28,33)/t26-/m0/s1. The van der Waals surface area contributed by atoms with Gasteiger partial charge in [-0.05, 0) is 44.0 Å². The van der Waals surface area contributed by atoms with Crippen molar-refractivity contribution in [2.75, 3.05) is 4.90 Å². The van der Waals surface area contributed by atoms with E-state index in [1.807, 2.05) is 25.1 Å². The maximum absolute atomic E-state index is 13.8. The molecule has 2 aromatic rings. The largest absolute Gasteiger partial charge is 0.351 e. The van der Waals surface area contributed by atoms with E-state index in [1.165, 1.54) is 19.3 Å². The highest BCUT2D eigenvalue weighted by Gasteiger charge is 2.49. The molecule has 1 atom stereocenters. The van der Waals surface area contributed by atoms with Crippen molar-refractivity contribution in [3.63, 3.8) is 0 Å². The summed E-state index contributed by atoms with van der Waals surface area (Å²) in [6.07, 6.45) is 7.90. The molecule has 7 heteroatoms. The minimum Gasteiger partial charge on any atom is -0.351 e. The van der Waals surface area contributed by atoms with Crippen LogP contribution >= 0.6 is 11.6 Å². The van der Waals surface area contributed by atoms with E-state index in [1.54, 1.807) is 21.7 Å². The normalized spacial score (nSPS) is 22.5. The lowest BCUT2D eigenvalue weighted by Crippen LogP contribution is -2.65. The Bertz CT molecular complexity index is 1030. The van der Waals surface area contributed by atoms with Crippen molar-refractivity contribution in [2.45, 2.75) is 96.2 Å². The number of halogens is 1. The first kappa shape index (κ1) is 23.8. The number of carbonyl (C=O) groups is 2. The Labute approximate surface area is 201 Å². The summed E-state index contributed by atoms with van der Waals surface area (Å²) in [4.78, 5) is 29.3. The molecule has 178 valence electrons. The van der Waals surface area contributed by atoms with Crippen LogP contribution in [0.5, 0.6) is 0 Å². The highest BCUT2D eigenvalue weighted by atomic mass is 35.5. The number of fused-ring (bicyclic) bond motifs is 1. The van der Waals surface area contributed by atoms with E-state index >= 15 is 0 Å². The van der Waals surface area contributed by atoms with Crippen LogP contribution in [0.3, 0.4) is 0 Å². The number of nitrogens with zero attached hydrogens (tertiary/aromatic N) is 3. The number of hydrogen-bond donors (Lipinski definition) is 1. The van der Waals surface area contributed by atoms with Crippen LogP contribution in [0.1, 0.15) is 88.8 Å². The molecular weight excluding hydrogens is 436 g/mol. The number of carbonyl (C=O) groups excluding carboxylic acids is 2. The topological polar surface area (TPSA) is 67.2 Å². The molecule has 0 spiro atoms. The van der Waals surface area contributed by atoms with Gasteiger partial charge in [-0.2, -0.15) is 5.10 Å². The van der Waals surface area contributed by atoms with Crippen LogP contribution in [0.25, 0.3) is 0 Å². The number of hydrogen-bond acceptors (Lipinski definition) is 3. The third kappa shape index (κ3) is 4.81. The number of aromatic nitrogens is 2. The van der Waals surface area contributed by atoms with E-state index < -0.39 is 5.54 Å². The number of anilines is 1. The average molecular weight is 471 g/mol. The predicted octanol–water partition coefficient (Wildman–Crippen LogP) is 5.48. The van der Waals surface area contributed by atoms with Crippen LogP contribution in [-0.4, -0.2) is 33.2 Å². The molecule has 1 aromatic heterocycles. The lowest BCUT2D eigenvalue weighted by atomic mass is 9.90. The molecule has 1 fully saturated rings. The number of amides is 2. The number of rotatable bonds is 3. The Hall–Kier alpha value is -2.34. The van der Waals surface area contributed by atoms with E-state index in [2.05, 4.69) is 26.1 Å². The molecule has 33 heavy (non-hydrogen) atoms. The second-order valence-corrected chi connectivity index (χ2v) is 11.2. The molecule has 0 radical (unpaired) electrons. The summed E-state index contributed by atoms with van der Waals surface area (Å²) in [5.74, 6) is -0.373. The van der Waals surface area contributed by atoms with E-state index in [9.17, 15) is 9.59 Å². The lowest BCUT2D eigenvalue weighted by molar-refractivity contribution is -0.127. The third-order valence-corrected chi connectivity index (χ3v) is 7.15. The Morgan fingerprint density at radius 2 is 1.79 bits per heavy atom. The van der Waals surface area contributed by atoms with Crippen molar-refractivity contribution < 1.29 is 9.59 Å². The number of nitrogens with one attached hydrogen (secondary N) is 1. The summed E-state index contributed by atoms with van der Waals surface area (Å²) in [7, 11) is 0. The Morgan fingerprint density at radius 3 is 2.42 bits per heavy atom. The molecule has 0 saturated heterocycles. The maximum Gasteiger partial charge on any atom is 0.277 e. The molecule has 2 heterocycles. The highest BCUT2D eigenvalue weighted by molar-refractivity contribution is 6.31. The molecule has 1 saturated carbocycles. The van der Waals surface area contributed by atoms with Gasteiger partial charge in [-0.3, -0.25) is 19.2 Å². The SMILES string of the molecule is CC(C)(C)c1cc2n(n1)C[C@@](C)(C(=O)NC1CCCCCCC1)N(c1cccc(Cl)c1)C2=O. The monoisotopic (exact) mass is 470 g/mol. The Morgan fingerprint density at radius 1 is 1.12 bits per heavy atom. The minimum absolute atomic E-state index is 0.134. The van der Waals surface area contributed by atoms with E-state index in [0.29, 0.717) is 16.4 Å². The molecule has 0 bridgehead atoms. The van der Waals surface area contributed by atoms with Crippen molar-refractivity contribution in [3.05, 3.63) is 46.7 Å². The van der Waals surface area contributed by atoms with Crippen molar-refractivity contribution >= 4 is 29.1 Å². The molecule has 6 nitrogen and oxygen atoms in total. The molecule has 1 N–H and O–H groups in total. The molecular formula is C26H35ClN4O2. The molecule has 0 unspecified atom stereocenters. The average Bonchev–Trinajstić information content (AvgIpc) is 3.14. The van der Waals surface area contributed by atoms with Crippen molar-refractivity contribution in [1.82, 2.24) is 15.1 Å². The van der Waals surface area contributed by atoms with Crippen LogP contribution in [0, 0.1) is 0 Å². The lowest BCUT2D eigenvalue weighted by Gasteiger charge is -2.43. The smallest absolute Gasteiger partial charge is 0.277 e. The van der Waals surface area contributed by atoms with E-state index in [-0.39, 0.29) is 29.8 Å². The van der Waals surface area contributed by atoms with Gasteiger partial charge in [0.15, 0.2) is 0 Å². The van der Waals surface area contributed by atoms with Gasteiger partial charge in [0, 0.05) is 22.2 Å². The van der Waals surface area contributed by atoms with Crippen molar-refractivity contribution in [1.29, 1.82) is 0 Å². The third-order valence-electron chi connectivity index (χ3n) is 6.92. The predicted molar refractivity (Wildman–Crippen MR) is 132 cm³/mol. The van der Waals surface area contributed by atoms with Gasteiger partial charge < -0.3 is 5.32 Å². The number of benzene rings is 1. The van der Waals surface area contributed by atoms with Crippen molar-refractivity contribution in [2.24, 2.45) is 0 Å². The Balaban J connectivity index is 1.73.